The molecule has 1 aliphatic heterocycles. The number of hydrogen-bond donors (Lipinski definition) is 2. The predicted molar refractivity (Wildman–Crippen MR) is 46.9 cm³/mol. The van der Waals surface area contributed by atoms with Gasteiger partial charge in [-0.15, -0.1) is 0 Å². The average Bonchev–Trinajstić information content (AvgIpc) is 2.56. The summed E-state index contributed by atoms with van der Waals surface area (Å²) < 4.78 is 5.36. The number of aryl methyl sites for hydroxylation is 1. The first-order chi connectivity index (χ1) is 6.29. The van der Waals surface area contributed by atoms with Gasteiger partial charge in [-0.3, -0.25) is 0 Å². The van der Waals surface area contributed by atoms with Crippen molar-refractivity contribution in [2.45, 2.75) is 19.0 Å². The first kappa shape index (κ1) is 7.53. The zero-order valence-corrected chi connectivity index (χ0v) is 7.53. The topological polar surface area (TPSA) is 64.1 Å². The molecule has 2 heterocycles. The predicted octanol–water partition coefficient (Wildman–Crippen LogP) is 0.201. The summed E-state index contributed by atoms with van der Waals surface area (Å²) in [7, 11) is 0. The van der Waals surface area contributed by atoms with E-state index in [1.165, 1.54) is 6.39 Å². The minimum Gasteiger partial charge on any atom is -0.447 e. The van der Waals surface area contributed by atoms with Gasteiger partial charge >= 0.3 is 0 Å². The van der Waals surface area contributed by atoms with Crippen LogP contribution in [-0.2, 0) is 0 Å². The van der Waals surface area contributed by atoms with Gasteiger partial charge in [0.25, 0.3) is 0 Å². The van der Waals surface area contributed by atoms with Gasteiger partial charge in [0.1, 0.15) is 5.76 Å². The van der Waals surface area contributed by atoms with Crippen LogP contribution in [0.2, 0.25) is 0 Å². The highest BCUT2D eigenvalue weighted by Gasteiger charge is 2.57. The molecule has 1 aromatic rings. The summed E-state index contributed by atoms with van der Waals surface area (Å²) in [4.78, 5) is 4.09. The lowest BCUT2D eigenvalue weighted by molar-refractivity contribution is 0.407. The van der Waals surface area contributed by atoms with Crippen LogP contribution < -0.4 is 11.1 Å². The highest BCUT2D eigenvalue weighted by Crippen LogP contribution is 2.50. The van der Waals surface area contributed by atoms with Crippen LogP contribution in [0.4, 0.5) is 0 Å². The van der Waals surface area contributed by atoms with Crippen LogP contribution >= 0.6 is 0 Å². The summed E-state index contributed by atoms with van der Waals surface area (Å²) in [6.45, 7) is 3.00. The van der Waals surface area contributed by atoms with Crippen molar-refractivity contribution in [3.8, 4) is 0 Å². The average molecular weight is 179 g/mol. The second-order valence-electron chi connectivity index (χ2n) is 4.01. The Kier molecular flexibility index (Phi) is 1.35. The molecule has 3 N–H and O–H groups in total. The van der Waals surface area contributed by atoms with Crippen LogP contribution in [0.3, 0.4) is 0 Å². The number of nitrogens with zero attached hydrogens (tertiary/aromatic N) is 1. The van der Waals surface area contributed by atoms with Crippen molar-refractivity contribution in [2.24, 2.45) is 17.6 Å². The van der Waals surface area contributed by atoms with Crippen LogP contribution in [-0.4, -0.2) is 17.6 Å². The lowest BCUT2D eigenvalue weighted by atomic mass is 10.1. The smallest absolute Gasteiger partial charge is 0.181 e. The first-order valence-electron chi connectivity index (χ1n) is 4.68. The number of oxazole rings is 1. The van der Waals surface area contributed by atoms with E-state index in [0.717, 1.165) is 18.0 Å². The molecule has 3 rings (SSSR count). The van der Waals surface area contributed by atoms with Crippen LogP contribution in [0.5, 0.6) is 0 Å². The molecule has 0 aromatic carbocycles. The number of rotatable bonds is 1. The van der Waals surface area contributed by atoms with E-state index in [2.05, 4.69) is 10.3 Å². The summed E-state index contributed by atoms with van der Waals surface area (Å²) in [6, 6.07) is 0.679. The second-order valence-corrected chi connectivity index (χ2v) is 4.01. The summed E-state index contributed by atoms with van der Waals surface area (Å²) >= 11 is 0. The van der Waals surface area contributed by atoms with E-state index in [9.17, 15) is 0 Å². The minimum absolute atomic E-state index is 0.308. The zero-order valence-electron chi connectivity index (χ0n) is 7.53. The SMILES string of the molecule is Cc1ncoc1C1NCC2C(N)C12. The van der Waals surface area contributed by atoms with Gasteiger partial charge in [0.05, 0.1) is 11.7 Å². The second kappa shape index (κ2) is 2.33. The first-order valence-corrected chi connectivity index (χ1v) is 4.68. The molecule has 0 spiro atoms. The number of nitrogens with two attached hydrogens (primary N) is 1. The van der Waals surface area contributed by atoms with Crippen LogP contribution in [0.15, 0.2) is 10.8 Å². The van der Waals surface area contributed by atoms with Crippen molar-refractivity contribution in [3.05, 3.63) is 17.8 Å². The van der Waals surface area contributed by atoms with Crippen LogP contribution in [0, 0.1) is 18.8 Å². The summed E-state index contributed by atoms with van der Waals surface area (Å²) in [6.07, 6.45) is 1.51. The monoisotopic (exact) mass is 179 g/mol. The molecule has 2 aliphatic rings. The lowest BCUT2D eigenvalue weighted by Crippen LogP contribution is -2.25. The van der Waals surface area contributed by atoms with Crippen LogP contribution in [0.1, 0.15) is 17.5 Å². The number of nitrogens with one attached hydrogen (secondary N) is 1. The maximum absolute atomic E-state index is 5.92. The normalized spacial score (nSPS) is 42.0. The Morgan fingerprint density at radius 3 is 3.08 bits per heavy atom. The van der Waals surface area contributed by atoms with E-state index in [0.29, 0.717) is 23.9 Å². The van der Waals surface area contributed by atoms with Gasteiger partial charge in [-0.25, -0.2) is 4.98 Å². The zero-order chi connectivity index (χ0) is 9.00. The maximum atomic E-state index is 5.92. The van der Waals surface area contributed by atoms with Crippen molar-refractivity contribution < 1.29 is 4.42 Å². The molecule has 0 radical (unpaired) electrons. The summed E-state index contributed by atoms with van der Waals surface area (Å²) in [5, 5.41) is 3.42. The molecule has 4 unspecified atom stereocenters. The maximum Gasteiger partial charge on any atom is 0.181 e. The molecule has 1 aliphatic carbocycles. The largest absolute Gasteiger partial charge is 0.447 e. The van der Waals surface area contributed by atoms with Gasteiger partial charge in [0, 0.05) is 18.5 Å². The third-order valence-electron chi connectivity index (χ3n) is 3.32. The highest BCUT2D eigenvalue weighted by molar-refractivity contribution is 5.22. The van der Waals surface area contributed by atoms with E-state index in [-0.39, 0.29) is 0 Å². The number of piperidine rings is 1. The fraction of sp³-hybridized carbons (Fsp3) is 0.667. The van der Waals surface area contributed by atoms with Crippen molar-refractivity contribution in [1.29, 1.82) is 0 Å². The lowest BCUT2D eigenvalue weighted by Gasteiger charge is -2.11. The van der Waals surface area contributed by atoms with E-state index in [1.807, 2.05) is 6.92 Å². The highest BCUT2D eigenvalue weighted by atomic mass is 16.3. The minimum atomic E-state index is 0.308. The van der Waals surface area contributed by atoms with Gasteiger partial charge in [-0.2, -0.15) is 0 Å². The Morgan fingerprint density at radius 2 is 2.54 bits per heavy atom. The Labute approximate surface area is 76.5 Å². The molecule has 0 amide bonds. The Balaban J connectivity index is 1.91. The van der Waals surface area contributed by atoms with E-state index >= 15 is 0 Å². The molecule has 1 aromatic heterocycles. The third-order valence-corrected chi connectivity index (χ3v) is 3.32. The van der Waals surface area contributed by atoms with E-state index < -0.39 is 0 Å². The van der Waals surface area contributed by atoms with E-state index in [4.69, 9.17) is 10.2 Å². The summed E-state index contributed by atoms with van der Waals surface area (Å²) in [5.41, 5.74) is 6.90. The molecule has 13 heavy (non-hydrogen) atoms. The van der Waals surface area contributed by atoms with Gasteiger partial charge in [-0.1, -0.05) is 0 Å². The Bertz CT molecular complexity index is 335. The third kappa shape index (κ3) is 0.899. The van der Waals surface area contributed by atoms with Gasteiger partial charge < -0.3 is 15.5 Å². The van der Waals surface area contributed by atoms with Gasteiger partial charge in [0.15, 0.2) is 6.39 Å². The molecule has 4 nitrogen and oxygen atoms in total. The molecule has 2 fully saturated rings. The quantitative estimate of drug-likeness (QED) is 0.646. The molecule has 4 atom stereocenters. The molecular formula is C9H13N3O. The van der Waals surface area contributed by atoms with E-state index in [1.54, 1.807) is 0 Å². The molecule has 4 heteroatoms. The Hall–Kier alpha value is -0.870. The number of fused-ring (bicyclic) bond motifs is 1. The molecule has 1 saturated heterocycles. The number of hydrogen-bond acceptors (Lipinski definition) is 4. The fourth-order valence-corrected chi connectivity index (χ4v) is 2.45. The van der Waals surface area contributed by atoms with Crippen molar-refractivity contribution in [1.82, 2.24) is 10.3 Å². The van der Waals surface area contributed by atoms with Crippen LogP contribution in [0.25, 0.3) is 0 Å². The van der Waals surface area contributed by atoms with Gasteiger partial charge in [-0.05, 0) is 12.8 Å². The number of aromatic nitrogens is 1. The van der Waals surface area contributed by atoms with Crippen molar-refractivity contribution >= 4 is 0 Å². The fourth-order valence-electron chi connectivity index (χ4n) is 2.45. The molecule has 1 saturated carbocycles. The molecular weight excluding hydrogens is 166 g/mol. The molecule has 70 valence electrons. The van der Waals surface area contributed by atoms with Crippen molar-refractivity contribution in [3.63, 3.8) is 0 Å². The van der Waals surface area contributed by atoms with Crippen molar-refractivity contribution in [2.75, 3.05) is 6.54 Å². The summed E-state index contributed by atoms with van der Waals surface area (Å²) in [5.74, 6) is 2.21. The standard InChI is InChI=1S/C9H13N3O/c1-4-9(13-3-12-4)8-6-5(2-11-8)7(6)10/h3,5-8,11H,2,10H2,1H3. The van der Waals surface area contributed by atoms with Gasteiger partial charge in [0.2, 0.25) is 0 Å². The molecule has 0 bridgehead atoms. The Morgan fingerprint density at radius 1 is 1.69 bits per heavy atom.